The van der Waals surface area contributed by atoms with Crippen LogP contribution in [-0.4, -0.2) is 29.8 Å². The molecule has 0 fully saturated rings. The third-order valence-electron chi connectivity index (χ3n) is 4.77. The maximum absolute atomic E-state index is 12.6. The molecular formula is C24H15NO8. The molecule has 3 aromatic rings. The summed E-state index contributed by atoms with van der Waals surface area (Å²) in [5, 5.41) is 10.9. The number of ketones is 1. The van der Waals surface area contributed by atoms with Crippen molar-refractivity contribution in [1.82, 2.24) is 0 Å². The molecule has 33 heavy (non-hydrogen) atoms. The molecule has 0 unspecified atom stereocenters. The standard InChI is InChI=1S/C24H15NO8/c1-31-23(27)15-7-5-14(6-8-15)11-21-22(26)19-10-9-18(13-20(19)33-21)32-24(28)16-3-2-4-17(12-16)25(29)30/h2-13H,1H3. The number of ether oxygens (including phenoxy) is 3. The lowest BCUT2D eigenvalue weighted by Gasteiger charge is -2.05. The average Bonchev–Trinajstić information content (AvgIpc) is 3.13. The third-order valence-corrected chi connectivity index (χ3v) is 4.77. The van der Waals surface area contributed by atoms with Crippen LogP contribution in [0, 0.1) is 10.1 Å². The fraction of sp³-hybridized carbons (Fsp3) is 0.0417. The lowest BCUT2D eigenvalue weighted by Crippen LogP contribution is -2.08. The first-order chi connectivity index (χ1) is 15.9. The topological polar surface area (TPSA) is 122 Å². The second-order valence-corrected chi connectivity index (χ2v) is 6.91. The van der Waals surface area contributed by atoms with E-state index in [-0.39, 0.29) is 34.3 Å². The van der Waals surface area contributed by atoms with E-state index in [0.717, 1.165) is 6.07 Å². The Bertz CT molecular complexity index is 1320. The maximum Gasteiger partial charge on any atom is 0.343 e. The summed E-state index contributed by atoms with van der Waals surface area (Å²) in [6, 6.07) is 15.9. The van der Waals surface area contributed by atoms with Crippen molar-refractivity contribution in [2.75, 3.05) is 7.11 Å². The lowest BCUT2D eigenvalue weighted by molar-refractivity contribution is -0.384. The van der Waals surface area contributed by atoms with Crippen molar-refractivity contribution in [1.29, 1.82) is 0 Å². The first-order valence-electron chi connectivity index (χ1n) is 9.59. The molecular weight excluding hydrogens is 430 g/mol. The zero-order valence-electron chi connectivity index (χ0n) is 17.1. The predicted molar refractivity (Wildman–Crippen MR) is 115 cm³/mol. The number of rotatable bonds is 5. The minimum atomic E-state index is -0.788. The number of hydrogen-bond acceptors (Lipinski definition) is 8. The number of carbonyl (C=O) groups excluding carboxylic acids is 3. The quantitative estimate of drug-likeness (QED) is 0.188. The molecule has 1 heterocycles. The number of carbonyl (C=O) groups is 3. The van der Waals surface area contributed by atoms with Gasteiger partial charge < -0.3 is 14.2 Å². The van der Waals surface area contributed by atoms with E-state index in [0.29, 0.717) is 16.7 Å². The van der Waals surface area contributed by atoms with Crippen molar-refractivity contribution in [3.8, 4) is 11.5 Å². The number of nitro groups is 1. The van der Waals surface area contributed by atoms with Gasteiger partial charge in [0.05, 0.1) is 28.7 Å². The Hall–Kier alpha value is -4.79. The molecule has 0 saturated heterocycles. The number of benzene rings is 3. The molecule has 0 aliphatic carbocycles. The monoisotopic (exact) mass is 445 g/mol. The number of methoxy groups -OCH3 is 1. The first kappa shape index (κ1) is 21.4. The second kappa shape index (κ2) is 8.75. The highest BCUT2D eigenvalue weighted by Gasteiger charge is 2.28. The highest BCUT2D eigenvalue weighted by molar-refractivity contribution is 6.14. The number of fused-ring (bicyclic) bond motifs is 1. The summed E-state index contributed by atoms with van der Waals surface area (Å²) in [4.78, 5) is 46.8. The summed E-state index contributed by atoms with van der Waals surface area (Å²) < 4.78 is 15.6. The van der Waals surface area contributed by atoms with Gasteiger partial charge in [0.25, 0.3) is 5.69 Å². The van der Waals surface area contributed by atoms with E-state index >= 15 is 0 Å². The molecule has 0 amide bonds. The van der Waals surface area contributed by atoms with Crippen LogP contribution >= 0.6 is 0 Å². The van der Waals surface area contributed by atoms with E-state index in [9.17, 15) is 24.5 Å². The summed E-state index contributed by atoms with van der Waals surface area (Å²) in [5.41, 5.74) is 1.08. The summed E-state index contributed by atoms with van der Waals surface area (Å²) in [5.74, 6) is -1.22. The number of nitrogens with zero attached hydrogens (tertiary/aromatic N) is 1. The van der Waals surface area contributed by atoms with Gasteiger partial charge in [0, 0.05) is 18.2 Å². The van der Waals surface area contributed by atoms with Crippen LogP contribution in [0.3, 0.4) is 0 Å². The predicted octanol–water partition coefficient (Wildman–Crippen LogP) is 4.22. The van der Waals surface area contributed by atoms with Crippen LogP contribution in [0.5, 0.6) is 11.5 Å². The van der Waals surface area contributed by atoms with Gasteiger partial charge in [-0.1, -0.05) is 18.2 Å². The van der Waals surface area contributed by atoms with Crippen LogP contribution < -0.4 is 9.47 Å². The summed E-state index contributed by atoms with van der Waals surface area (Å²) >= 11 is 0. The Morgan fingerprint density at radius 3 is 2.42 bits per heavy atom. The van der Waals surface area contributed by atoms with E-state index in [4.69, 9.17) is 9.47 Å². The zero-order valence-corrected chi connectivity index (χ0v) is 17.1. The van der Waals surface area contributed by atoms with E-state index < -0.39 is 16.9 Å². The molecule has 9 nitrogen and oxygen atoms in total. The molecule has 4 rings (SSSR count). The molecule has 3 aromatic carbocycles. The number of allylic oxidation sites excluding steroid dienone is 1. The molecule has 9 heteroatoms. The molecule has 164 valence electrons. The maximum atomic E-state index is 12.6. The number of non-ortho nitro benzene ring substituents is 1. The number of nitro benzene ring substituents is 1. The van der Waals surface area contributed by atoms with Gasteiger partial charge in [-0.05, 0) is 42.0 Å². The van der Waals surface area contributed by atoms with Gasteiger partial charge in [-0.2, -0.15) is 0 Å². The summed E-state index contributed by atoms with van der Waals surface area (Å²) in [6.07, 6.45) is 1.53. The molecule has 0 bridgehead atoms. The number of Topliss-reactive ketones (excluding diaryl/α,β-unsaturated/α-hetero) is 1. The molecule has 0 radical (unpaired) electrons. The van der Waals surface area contributed by atoms with Crippen molar-refractivity contribution >= 4 is 29.5 Å². The Morgan fingerprint density at radius 1 is 0.970 bits per heavy atom. The van der Waals surface area contributed by atoms with Crippen LogP contribution in [0.25, 0.3) is 6.08 Å². The minimum Gasteiger partial charge on any atom is -0.465 e. The molecule has 1 aliphatic rings. The van der Waals surface area contributed by atoms with Crippen molar-refractivity contribution < 1.29 is 33.5 Å². The van der Waals surface area contributed by atoms with E-state index in [2.05, 4.69) is 4.74 Å². The van der Waals surface area contributed by atoms with Crippen molar-refractivity contribution in [2.45, 2.75) is 0 Å². The molecule has 0 aromatic heterocycles. The van der Waals surface area contributed by atoms with Crippen LogP contribution in [0.2, 0.25) is 0 Å². The number of esters is 2. The van der Waals surface area contributed by atoms with E-state index in [1.807, 2.05) is 0 Å². The largest absolute Gasteiger partial charge is 0.465 e. The number of hydrogen-bond donors (Lipinski definition) is 0. The van der Waals surface area contributed by atoms with E-state index in [1.54, 1.807) is 24.3 Å². The summed E-state index contributed by atoms with van der Waals surface area (Å²) in [6.45, 7) is 0. The van der Waals surface area contributed by atoms with Gasteiger partial charge >= 0.3 is 11.9 Å². The molecule has 0 atom stereocenters. The molecule has 1 aliphatic heterocycles. The Balaban J connectivity index is 1.51. The Labute approximate surface area is 187 Å². The van der Waals surface area contributed by atoms with Crippen LogP contribution in [0.15, 0.2) is 72.5 Å². The van der Waals surface area contributed by atoms with Crippen LogP contribution in [0.4, 0.5) is 5.69 Å². The highest BCUT2D eigenvalue weighted by Crippen LogP contribution is 2.35. The fourth-order valence-electron chi connectivity index (χ4n) is 3.13. The third kappa shape index (κ3) is 4.47. The SMILES string of the molecule is COC(=O)c1ccc(C=C2Oc3cc(OC(=O)c4cccc([N+](=O)[O-])c4)ccc3C2=O)cc1. The van der Waals surface area contributed by atoms with Crippen LogP contribution in [-0.2, 0) is 4.74 Å². The van der Waals surface area contributed by atoms with Crippen LogP contribution in [0.1, 0.15) is 36.6 Å². The smallest absolute Gasteiger partial charge is 0.343 e. The van der Waals surface area contributed by atoms with Gasteiger partial charge in [0.15, 0.2) is 5.76 Å². The van der Waals surface area contributed by atoms with Gasteiger partial charge in [0.1, 0.15) is 11.5 Å². The molecule has 0 N–H and O–H groups in total. The van der Waals surface area contributed by atoms with Gasteiger partial charge in [0.2, 0.25) is 5.78 Å². The van der Waals surface area contributed by atoms with E-state index in [1.165, 1.54) is 49.6 Å². The normalized spacial score (nSPS) is 13.2. The highest BCUT2D eigenvalue weighted by atomic mass is 16.6. The minimum absolute atomic E-state index is 0.0117. The van der Waals surface area contributed by atoms with Crippen molar-refractivity contribution in [2.24, 2.45) is 0 Å². The summed E-state index contributed by atoms with van der Waals surface area (Å²) in [7, 11) is 1.29. The Kier molecular flexibility index (Phi) is 5.69. The van der Waals surface area contributed by atoms with Gasteiger partial charge in [-0.15, -0.1) is 0 Å². The lowest BCUT2D eigenvalue weighted by atomic mass is 10.1. The van der Waals surface area contributed by atoms with Gasteiger partial charge in [-0.25, -0.2) is 9.59 Å². The second-order valence-electron chi connectivity index (χ2n) is 6.91. The molecule has 0 spiro atoms. The fourth-order valence-corrected chi connectivity index (χ4v) is 3.13. The zero-order chi connectivity index (χ0) is 23.5. The first-order valence-corrected chi connectivity index (χ1v) is 9.59. The average molecular weight is 445 g/mol. The Morgan fingerprint density at radius 2 is 1.73 bits per heavy atom. The molecule has 0 saturated carbocycles. The van der Waals surface area contributed by atoms with Crippen molar-refractivity contribution in [3.05, 3.63) is 105 Å². The van der Waals surface area contributed by atoms with Gasteiger partial charge in [-0.3, -0.25) is 14.9 Å². The van der Waals surface area contributed by atoms with Crippen molar-refractivity contribution in [3.63, 3.8) is 0 Å².